The molecule has 0 spiro atoms. The first-order valence-corrected chi connectivity index (χ1v) is 13.6. The van der Waals surface area contributed by atoms with Gasteiger partial charge in [0, 0.05) is 25.8 Å². The van der Waals surface area contributed by atoms with Crippen LogP contribution >= 0.6 is 0 Å². The molecule has 0 saturated heterocycles. The summed E-state index contributed by atoms with van der Waals surface area (Å²) in [4.78, 5) is 5.04. The Labute approximate surface area is 135 Å². The third kappa shape index (κ3) is 2.53. The zero-order valence-electron chi connectivity index (χ0n) is 10.9. The van der Waals surface area contributed by atoms with Gasteiger partial charge in [-0.2, -0.15) is 0 Å². The molecule has 0 fully saturated rings. The Balaban J connectivity index is 0.00000120. The van der Waals surface area contributed by atoms with Gasteiger partial charge in [-0.15, -0.1) is 0 Å². The van der Waals surface area contributed by atoms with Crippen molar-refractivity contribution in [2.45, 2.75) is 20.2 Å². The second-order valence-corrected chi connectivity index (χ2v) is 12.9. The molecular formula is C16H17HfSn. The quantitative estimate of drug-likeness (QED) is 0.524. The molecule has 2 heteroatoms. The molecule has 0 nitrogen and oxygen atoms in total. The Bertz CT molecular complexity index is 538. The summed E-state index contributed by atoms with van der Waals surface area (Å²) in [5, 5.41) is 0. The number of hydrogen-bond donors (Lipinski definition) is 0. The van der Waals surface area contributed by atoms with Crippen molar-refractivity contribution in [2.75, 3.05) is 0 Å². The van der Waals surface area contributed by atoms with Crippen molar-refractivity contribution < 1.29 is 25.8 Å². The minimum Gasteiger partial charge on any atom is 0 e. The molecule has 0 amide bonds. The van der Waals surface area contributed by atoms with Crippen molar-refractivity contribution in [2.24, 2.45) is 0 Å². The summed E-state index contributed by atoms with van der Waals surface area (Å²) in [5.74, 6) is 0. The van der Waals surface area contributed by atoms with Gasteiger partial charge in [0.2, 0.25) is 0 Å². The Hall–Kier alpha value is 0.109. The Morgan fingerprint density at radius 3 is 2.61 bits per heavy atom. The number of benzene rings is 1. The summed E-state index contributed by atoms with van der Waals surface area (Å²) in [7, 11) is 0. The Morgan fingerprint density at radius 1 is 1.17 bits per heavy atom. The standard InChI is InChI=1S/C14H11.2CH3.Hf.Sn/c1-2-6-11(5-1)14-9-12-7-3-4-8-13(12)10-14;;;;/h1-5,7-10H,6H2;2*1H3;;. The van der Waals surface area contributed by atoms with E-state index in [1.165, 1.54) is 5.56 Å². The fourth-order valence-corrected chi connectivity index (χ4v) is 7.95. The average Bonchev–Trinajstić information content (AvgIpc) is 2.95. The van der Waals surface area contributed by atoms with E-state index in [-0.39, 0.29) is 25.8 Å². The number of rotatable bonds is 2. The van der Waals surface area contributed by atoms with Crippen LogP contribution in [0.25, 0.3) is 6.08 Å². The van der Waals surface area contributed by atoms with Crippen molar-refractivity contribution >= 4 is 25.8 Å². The van der Waals surface area contributed by atoms with Gasteiger partial charge in [0.1, 0.15) is 0 Å². The van der Waals surface area contributed by atoms with Crippen LogP contribution < -0.4 is 0 Å². The van der Waals surface area contributed by atoms with Gasteiger partial charge in [-0.3, -0.25) is 0 Å². The summed E-state index contributed by atoms with van der Waals surface area (Å²) < 4.78 is 0.778. The van der Waals surface area contributed by atoms with Crippen molar-refractivity contribution in [3.05, 3.63) is 64.8 Å². The first-order chi connectivity index (χ1) is 8.27. The van der Waals surface area contributed by atoms with Crippen LogP contribution in [0.15, 0.2) is 53.6 Å². The molecular weight excluding hydrogens is 489 g/mol. The van der Waals surface area contributed by atoms with Gasteiger partial charge >= 0.3 is 111 Å². The minimum atomic E-state index is -1.28. The first kappa shape index (κ1) is 14.5. The van der Waals surface area contributed by atoms with E-state index in [2.05, 4.69) is 58.4 Å². The van der Waals surface area contributed by atoms with Crippen molar-refractivity contribution in [3.8, 4) is 0 Å². The first-order valence-electron chi connectivity index (χ1n) is 6.24. The molecule has 18 heavy (non-hydrogen) atoms. The maximum absolute atomic E-state index is 2.52. The van der Waals surface area contributed by atoms with E-state index in [1.54, 1.807) is 16.7 Å². The molecule has 2 aliphatic carbocycles. The van der Waals surface area contributed by atoms with E-state index in [0.29, 0.717) is 0 Å². The molecule has 1 radical (unpaired) electrons. The second-order valence-electron chi connectivity index (χ2n) is 5.06. The predicted molar refractivity (Wildman–Crippen MR) is 76.5 cm³/mol. The van der Waals surface area contributed by atoms with Crippen LogP contribution in [-0.4, -0.2) is 19.8 Å². The molecule has 1 aromatic carbocycles. The van der Waals surface area contributed by atoms with Crippen molar-refractivity contribution in [3.63, 3.8) is 0 Å². The molecule has 1 unspecified atom stereocenters. The van der Waals surface area contributed by atoms with Crippen molar-refractivity contribution in [1.82, 2.24) is 0 Å². The van der Waals surface area contributed by atoms with E-state index in [9.17, 15) is 0 Å². The zero-order chi connectivity index (χ0) is 11.8. The SMILES string of the molecule is [CH3][Sn]([CH3])[CH]1C(C2=CC=CC2)=Cc2ccccc21.[Hf]. The van der Waals surface area contributed by atoms with E-state index < -0.39 is 19.8 Å². The van der Waals surface area contributed by atoms with Gasteiger partial charge in [0.15, 0.2) is 0 Å². The van der Waals surface area contributed by atoms with Gasteiger partial charge in [-0.1, -0.05) is 0 Å². The molecule has 2 aliphatic rings. The van der Waals surface area contributed by atoms with Crippen LogP contribution in [0, 0.1) is 0 Å². The Kier molecular flexibility index (Phi) is 4.87. The number of hydrogen-bond acceptors (Lipinski definition) is 0. The maximum Gasteiger partial charge on any atom is 0 e. The molecule has 1 atom stereocenters. The largest absolute Gasteiger partial charge is 0 e. The monoisotopic (exact) mass is 509 g/mol. The summed E-state index contributed by atoms with van der Waals surface area (Å²) in [6.07, 6.45) is 10.3. The molecule has 0 heterocycles. The van der Waals surface area contributed by atoms with Crippen LogP contribution in [0.4, 0.5) is 0 Å². The molecule has 3 rings (SSSR count). The topological polar surface area (TPSA) is 0 Å². The van der Waals surface area contributed by atoms with Crippen molar-refractivity contribution in [1.29, 1.82) is 0 Å². The normalized spacial score (nSPS) is 20.5. The molecule has 0 bridgehead atoms. The molecule has 0 saturated carbocycles. The molecule has 0 aromatic heterocycles. The second kappa shape index (κ2) is 6.04. The van der Waals surface area contributed by atoms with E-state index >= 15 is 0 Å². The maximum atomic E-state index is 2.52. The smallest absolute Gasteiger partial charge is 0 e. The van der Waals surface area contributed by atoms with Gasteiger partial charge in [0.25, 0.3) is 0 Å². The number of fused-ring (bicyclic) bond motifs is 1. The van der Waals surface area contributed by atoms with E-state index in [0.717, 1.165) is 10.4 Å². The third-order valence-corrected chi connectivity index (χ3v) is 8.72. The Morgan fingerprint density at radius 2 is 1.94 bits per heavy atom. The predicted octanol–water partition coefficient (Wildman–Crippen LogP) is 4.34. The average molecular weight is 507 g/mol. The van der Waals surface area contributed by atoms with Gasteiger partial charge in [-0.05, 0) is 0 Å². The van der Waals surface area contributed by atoms with Gasteiger partial charge < -0.3 is 0 Å². The molecule has 0 aliphatic heterocycles. The van der Waals surface area contributed by atoms with Crippen LogP contribution in [-0.2, 0) is 25.8 Å². The third-order valence-electron chi connectivity index (χ3n) is 3.65. The fraction of sp³-hybridized carbons (Fsp3) is 0.250. The van der Waals surface area contributed by atoms with Crippen LogP contribution in [0.3, 0.4) is 0 Å². The summed E-state index contributed by atoms with van der Waals surface area (Å²) in [6, 6.07) is 8.95. The van der Waals surface area contributed by atoms with Gasteiger partial charge in [-0.25, -0.2) is 0 Å². The van der Waals surface area contributed by atoms with E-state index in [4.69, 9.17) is 0 Å². The summed E-state index contributed by atoms with van der Waals surface area (Å²) in [5.41, 5.74) is 6.22. The van der Waals surface area contributed by atoms with Crippen LogP contribution in [0.1, 0.15) is 21.5 Å². The summed E-state index contributed by atoms with van der Waals surface area (Å²) >= 11 is -1.28. The summed E-state index contributed by atoms with van der Waals surface area (Å²) in [6.45, 7) is 0. The minimum absolute atomic E-state index is 0. The van der Waals surface area contributed by atoms with E-state index in [1.807, 2.05) is 0 Å². The molecule has 0 N–H and O–H groups in total. The molecule has 89 valence electrons. The molecule has 1 aromatic rings. The number of allylic oxidation sites excluding steroid dienone is 5. The van der Waals surface area contributed by atoms with Crippen LogP contribution in [0.5, 0.6) is 0 Å². The fourth-order valence-electron chi connectivity index (χ4n) is 2.89. The van der Waals surface area contributed by atoms with Crippen LogP contribution in [0.2, 0.25) is 9.88 Å². The van der Waals surface area contributed by atoms with Gasteiger partial charge in [0.05, 0.1) is 0 Å². The zero-order valence-corrected chi connectivity index (χ0v) is 17.4.